The number of phenols is 2. The van der Waals surface area contributed by atoms with Crippen molar-refractivity contribution in [2.75, 3.05) is 11.5 Å². The van der Waals surface area contributed by atoms with Gasteiger partial charge in [-0.05, 0) is 24.3 Å². The molecule has 20 heavy (non-hydrogen) atoms. The van der Waals surface area contributed by atoms with Gasteiger partial charge in [-0.1, -0.05) is 6.07 Å². The Morgan fingerprint density at radius 2 is 1.45 bits per heavy atom. The standard InChI is InChI=1S/C13H11F3N2O2/c14-13(15,16)6-2-1-3-8(19)10(6)11-9(20)5-4-7(17)12(11)18/h1-5,19-20H,17-18H2. The number of rotatable bonds is 1. The van der Waals surface area contributed by atoms with Crippen molar-refractivity contribution in [1.82, 2.24) is 0 Å². The van der Waals surface area contributed by atoms with E-state index < -0.39 is 28.8 Å². The number of hydrogen-bond donors (Lipinski definition) is 4. The first kappa shape index (κ1) is 13.9. The van der Waals surface area contributed by atoms with Gasteiger partial charge in [0.25, 0.3) is 0 Å². The van der Waals surface area contributed by atoms with Crippen LogP contribution < -0.4 is 11.5 Å². The van der Waals surface area contributed by atoms with Gasteiger partial charge < -0.3 is 21.7 Å². The SMILES string of the molecule is Nc1ccc(O)c(-c2c(O)cccc2C(F)(F)F)c1N. The Hall–Kier alpha value is -2.57. The Morgan fingerprint density at radius 3 is 2.05 bits per heavy atom. The number of hydrogen-bond acceptors (Lipinski definition) is 4. The van der Waals surface area contributed by atoms with Crippen LogP contribution in [0.25, 0.3) is 11.1 Å². The summed E-state index contributed by atoms with van der Waals surface area (Å²) in [5.74, 6) is -1.14. The van der Waals surface area contributed by atoms with Crippen molar-refractivity contribution in [3.8, 4) is 22.6 Å². The fourth-order valence-corrected chi connectivity index (χ4v) is 1.93. The van der Waals surface area contributed by atoms with Crippen LogP contribution in [0.1, 0.15) is 5.56 Å². The minimum Gasteiger partial charge on any atom is -0.507 e. The Morgan fingerprint density at radius 1 is 0.850 bits per heavy atom. The van der Waals surface area contributed by atoms with Crippen LogP contribution in [0, 0.1) is 0 Å². The largest absolute Gasteiger partial charge is 0.507 e. The summed E-state index contributed by atoms with van der Waals surface area (Å²) in [5, 5.41) is 19.5. The van der Waals surface area contributed by atoms with Crippen molar-refractivity contribution in [2.24, 2.45) is 0 Å². The monoisotopic (exact) mass is 284 g/mol. The summed E-state index contributed by atoms with van der Waals surface area (Å²) >= 11 is 0. The lowest BCUT2D eigenvalue weighted by molar-refractivity contribution is -0.137. The van der Waals surface area contributed by atoms with Crippen LogP contribution in [0.2, 0.25) is 0 Å². The summed E-state index contributed by atoms with van der Waals surface area (Å²) in [6, 6.07) is 5.31. The lowest BCUT2D eigenvalue weighted by Gasteiger charge is -2.17. The first-order valence-corrected chi connectivity index (χ1v) is 5.50. The van der Waals surface area contributed by atoms with Gasteiger partial charge in [0.05, 0.1) is 22.5 Å². The molecule has 0 bridgehead atoms. The van der Waals surface area contributed by atoms with E-state index in [-0.39, 0.29) is 16.9 Å². The van der Waals surface area contributed by atoms with Crippen molar-refractivity contribution in [3.05, 3.63) is 35.9 Å². The van der Waals surface area contributed by atoms with E-state index in [4.69, 9.17) is 11.5 Å². The molecule has 0 aliphatic rings. The summed E-state index contributed by atoms with van der Waals surface area (Å²) in [4.78, 5) is 0. The van der Waals surface area contributed by atoms with E-state index in [2.05, 4.69) is 0 Å². The molecule has 0 spiro atoms. The minimum absolute atomic E-state index is 0.00850. The Balaban J connectivity index is 2.87. The van der Waals surface area contributed by atoms with Crippen molar-refractivity contribution in [2.45, 2.75) is 6.18 Å². The van der Waals surface area contributed by atoms with Crippen molar-refractivity contribution in [1.29, 1.82) is 0 Å². The second kappa shape index (κ2) is 4.52. The average molecular weight is 284 g/mol. The highest BCUT2D eigenvalue weighted by Crippen LogP contribution is 2.47. The van der Waals surface area contributed by atoms with Gasteiger partial charge >= 0.3 is 6.18 Å². The van der Waals surface area contributed by atoms with Crippen molar-refractivity contribution >= 4 is 11.4 Å². The zero-order valence-electron chi connectivity index (χ0n) is 10.1. The number of halogens is 3. The van der Waals surface area contributed by atoms with Crippen LogP contribution in [-0.2, 0) is 6.18 Å². The second-order valence-corrected chi connectivity index (χ2v) is 4.16. The molecule has 2 aromatic carbocycles. The summed E-state index contributed by atoms with van der Waals surface area (Å²) in [5.41, 5.74) is 8.91. The number of anilines is 2. The summed E-state index contributed by atoms with van der Waals surface area (Å²) in [6.07, 6.45) is -4.71. The smallest absolute Gasteiger partial charge is 0.417 e. The number of nitrogen functional groups attached to an aromatic ring is 2. The van der Waals surface area contributed by atoms with Crippen molar-refractivity contribution < 1.29 is 23.4 Å². The highest BCUT2D eigenvalue weighted by atomic mass is 19.4. The Kier molecular flexibility index (Phi) is 3.13. The molecule has 0 aliphatic heterocycles. The third-order valence-electron chi connectivity index (χ3n) is 2.86. The van der Waals surface area contributed by atoms with Gasteiger partial charge in [0.2, 0.25) is 0 Å². The highest BCUT2D eigenvalue weighted by molar-refractivity contribution is 5.92. The number of phenolic OH excluding ortho intramolecular Hbond substituents is 2. The van der Waals surface area contributed by atoms with Crippen LogP contribution in [0.4, 0.5) is 24.5 Å². The molecular formula is C13H11F3N2O2. The van der Waals surface area contributed by atoms with Crippen molar-refractivity contribution in [3.63, 3.8) is 0 Å². The molecule has 0 unspecified atom stereocenters. The second-order valence-electron chi connectivity index (χ2n) is 4.16. The molecule has 0 fully saturated rings. The molecule has 106 valence electrons. The number of aromatic hydroxyl groups is 2. The van der Waals surface area contributed by atoms with E-state index in [1.165, 1.54) is 6.07 Å². The average Bonchev–Trinajstić information content (AvgIpc) is 2.35. The van der Waals surface area contributed by atoms with Gasteiger partial charge in [0, 0.05) is 5.56 Å². The fraction of sp³-hybridized carbons (Fsp3) is 0.0769. The molecular weight excluding hydrogens is 273 g/mol. The van der Waals surface area contributed by atoms with Gasteiger partial charge in [0.1, 0.15) is 11.5 Å². The molecule has 7 heteroatoms. The van der Waals surface area contributed by atoms with E-state index in [1.807, 2.05) is 0 Å². The first-order valence-electron chi connectivity index (χ1n) is 5.50. The molecule has 0 atom stereocenters. The van der Waals surface area contributed by atoms with Gasteiger partial charge in [-0.2, -0.15) is 13.2 Å². The van der Waals surface area contributed by atoms with Crippen LogP contribution >= 0.6 is 0 Å². The van der Waals surface area contributed by atoms with E-state index in [0.717, 1.165) is 24.3 Å². The number of nitrogens with two attached hydrogens (primary N) is 2. The molecule has 6 N–H and O–H groups in total. The molecule has 0 saturated heterocycles. The van der Waals surface area contributed by atoms with Gasteiger partial charge in [0.15, 0.2) is 0 Å². The normalized spacial score (nSPS) is 11.6. The maximum Gasteiger partial charge on any atom is 0.417 e. The fourth-order valence-electron chi connectivity index (χ4n) is 1.93. The predicted octanol–water partition coefficient (Wildman–Crippen LogP) is 2.95. The summed E-state index contributed by atoms with van der Waals surface area (Å²) in [6.45, 7) is 0. The molecule has 4 nitrogen and oxygen atoms in total. The maximum absolute atomic E-state index is 13.0. The van der Waals surface area contributed by atoms with Gasteiger partial charge in [-0.15, -0.1) is 0 Å². The summed E-state index contributed by atoms with van der Waals surface area (Å²) < 4.78 is 39.0. The van der Waals surface area contributed by atoms with Crippen LogP contribution in [-0.4, -0.2) is 10.2 Å². The van der Waals surface area contributed by atoms with Crippen LogP contribution in [0.5, 0.6) is 11.5 Å². The number of alkyl halides is 3. The number of benzene rings is 2. The molecule has 0 saturated carbocycles. The maximum atomic E-state index is 13.0. The molecule has 0 heterocycles. The van der Waals surface area contributed by atoms with E-state index in [0.29, 0.717) is 0 Å². The molecule has 0 amide bonds. The Labute approximate surface area is 112 Å². The zero-order chi connectivity index (χ0) is 15.1. The Bertz CT molecular complexity index is 669. The zero-order valence-corrected chi connectivity index (χ0v) is 10.1. The van der Waals surface area contributed by atoms with E-state index in [1.54, 1.807) is 0 Å². The van der Waals surface area contributed by atoms with E-state index in [9.17, 15) is 23.4 Å². The highest BCUT2D eigenvalue weighted by Gasteiger charge is 2.36. The van der Waals surface area contributed by atoms with Crippen LogP contribution in [0.15, 0.2) is 30.3 Å². The third-order valence-corrected chi connectivity index (χ3v) is 2.86. The van der Waals surface area contributed by atoms with Crippen LogP contribution in [0.3, 0.4) is 0 Å². The summed E-state index contributed by atoms with van der Waals surface area (Å²) in [7, 11) is 0. The minimum atomic E-state index is -4.71. The quantitative estimate of drug-likeness (QED) is 0.478. The molecule has 0 aromatic heterocycles. The van der Waals surface area contributed by atoms with Gasteiger partial charge in [-0.25, -0.2) is 0 Å². The van der Waals surface area contributed by atoms with E-state index >= 15 is 0 Å². The lowest BCUT2D eigenvalue weighted by atomic mass is 9.95. The topological polar surface area (TPSA) is 92.5 Å². The molecule has 0 aliphatic carbocycles. The lowest BCUT2D eigenvalue weighted by Crippen LogP contribution is -2.08. The predicted molar refractivity (Wildman–Crippen MR) is 69.0 cm³/mol. The molecule has 2 rings (SSSR count). The van der Waals surface area contributed by atoms with Gasteiger partial charge in [-0.3, -0.25) is 0 Å². The first-order chi connectivity index (χ1) is 9.23. The molecule has 0 radical (unpaired) electrons. The third kappa shape index (κ3) is 2.18. The molecule has 2 aromatic rings.